The predicted octanol–water partition coefficient (Wildman–Crippen LogP) is 0.992. The summed E-state index contributed by atoms with van der Waals surface area (Å²) in [4.78, 5) is 20.9. The summed E-state index contributed by atoms with van der Waals surface area (Å²) in [6.07, 6.45) is 3.40. The first kappa shape index (κ1) is 13.8. The number of carbonyl (C=O) groups is 1. The summed E-state index contributed by atoms with van der Waals surface area (Å²) < 4.78 is 0. The molecule has 0 saturated heterocycles. The van der Waals surface area contributed by atoms with Crippen molar-refractivity contribution in [3.05, 3.63) is 53.6 Å². The van der Waals surface area contributed by atoms with E-state index in [9.17, 15) is 4.79 Å². The Morgan fingerprint density at radius 2 is 2.15 bits per heavy atom. The zero-order valence-electron chi connectivity index (χ0n) is 11.3. The number of nitrogens with two attached hydrogens (primary N) is 1. The number of rotatable bonds is 3. The molecule has 0 bridgehead atoms. The van der Waals surface area contributed by atoms with Gasteiger partial charge in [0, 0.05) is 30.6 Å². The van der Waals surface area contributed by atoms with Crippen LogP contribution in [0.1, 0.15) is 21.7 Å². The van der Waals surface area contributed by atoms with Crippen LogP contribution in [0.5, 0.6) is 0 Å². The monoisotopic (exact) mass is 268 g/mol. The second-order valence-electron chi connectivity index (χ2n) is 4.28. The van der Waals surface area contributed by atoms with E-state index < -0.39 is 0 Å². The number of nitrogens with zero attached hydrogens (tertiary/aromatic N) is 2. The van der Waals surface area contributed by atoms with Crippen LogP contribution in [-0.4, -0.2) is 34.4 Å². The minimum absolute atomic E-state index is 0.0558. The van der Waals surface area contributed by atoms with Gasteiger partial charge in [0.1, 0.15) is 5.82 Å². The summed E-state index contributed by atoms with van der Waals surface area (Å²) in [7, 11) is 1.74. The molecule has 1 aromatic heterocycles. The number of amides is 1. The number of H-pyrrole nitrogens is 1. The Kier molecular flexibility index (Phi) is 4.53. The highest BCUT2D eigenvalue weighted by Crippen LogP contribution is 2.08. The first-order valence-corrected chi connectivity index (χ1v) is 6.23. The SMILES string of the molecule is CN(Cc1ncc[nH]1)C(=O)c1ccc(C#CCN)cc1. The minimum atomic E-state index is -0.0558. The van der Waals surface area contributed by atoms with Crippen LogP contribution in [0, 0.1) is 11.8 Å². The van der Waals surface area contributed by atoms with Gasteiger partial charge in [-0.15, -0.1) is 0 Å². The molecule has 1 heterocycles. The second-order valence-corrected chi connectivity index (χ2v) is 4.28. The highest BCUT2D eigenvalue weighted by atomic mass is 16.2. The van der Waals surface area contributed by atoms with E-state index in [1.807, 2.05) is 12.1 Å². The molecule has 2 aromatic rings. The van der Waals surface area contributed by atoms with Crippen LogP contribution in [-0.2, 0) is 6.54 Å². The lowest BCUT2D eigenvalue weighted by molar-refractivity contribution is 0.0782. The quantitative estimate of drug-likeness (QED) is 0.815. The number of aromatic amines is 1. The Balaban J connectivity index is 2.05. The second kappa shape index (κ2) is 6.55. The first-order valence-electron chi connectivity index (χ1n) is 6.23. The summed E-state index contributed by atoms with van der Waals surface area (Å²) in [5.41, 5.74) is 6.79. The molecule has 2 rings (SSSR count). The lowest BCUT2D eigenvalue weighted by atomic mass is 10.1. The van der Waals surface area contributed by atoms with Crippen molar-refractivity contribution in [3.63, 3.8) is 0 Å². The van der Waals surface area contributed by atoms with Crippen molar-refractivity contribution in [2.24, 2.45) is 5.73 Å². The van der Waals surface area contributed by atoms with E-state index in [-0.39, 0.29) is 5.91 Å². The zero-order chi connectivity index (χ0) is 14.4. The summed E-state index contributed by atoms with van der Waals surface area (Å²) in [5.74, 6) is 6.40. The normalized spacial score (nSPS) is 9.70. The molecule has 0 fully saturated rings. The van der Waals surface area contributed by atoms with Crippen LogP contribution >= 0.6 is 0 Å². The minimum Gasteiger partial charge on any atom is -0.347 e. The van der Waals surface area contributed by atoms with E-state index in [0.29, 0.717) is 18.7 Å². The molecular weight excluding hydrogens is 252 g/mol. The third kappa shape index (κ3) is 3.46. The lowest BCUT2D eigenvalue weighted by Gasteiger charge is -2.15. The van der Waals surface area contributed by atoms with Gasteiger partial charge in [0.15, 0.2) is 0 Å². The van der Waals surface area contributed by atoms with E-state index in [2.05, 4.69) is 21.8 Å². The topological polar surface area (TPSA) is 75.0 Å². The van der Waals surface area contributed by atoms with Crippen LogP contribution in [0.25, 0.3) is 0 Å². The van der Waals surface area contributed by atoms with Gasteiger partial charge in [-0.3, -0.25) is 4.79 Å². The molecule has 1 aromatic carbocycles. The lowest BCUT2D eigenvalue weighted by Crippen LogP contribution is -2.26. The van der Waals surface area contributed by atoms with Gasteiger partial charge in [-0.05, 0) is 24.3 Å². The van der Waals surface area contributed by atoms with Crippen molar-refractivity contribution in [1.29, 1.82) is 0 Å². The van der Waals surface area contributed by atoms with E-state index in [4.69, 9.17) is 5.73 Å². The fourth-order valence-electron chi connectivity index (χ4n) is 1.75. The molecule has 5 heteroatoms. The van der Waals surface area contributed by atoms with Crippen molar-refractivity contribution in [2.45, 2.75) is 6.54 Å². The molecule has 1 amide bonds. The van der Waals surface area contributed by atoms with Gasteiger partial charge in [-0.2, -0.15) is 0 Å². The van der Waals surface area contributed by atoms with E-state index in [0.717, 1.165) is 11.4 Å². The van der Waals surface area contributed by atoms with Crippen LogP contribution in [0.2, 0.25) is 0 Å². The molecule has 20 heavy (non-hydrogen) atoms. The standard InChI is InChI=1S/C15H16N4O/c1-19(11-14-17-9-10-18-14)15(20)13-6-4-12(5-7-13)3-2-8-16/h4-7,9-10H,8,11,16H2,1H3,(H,17,18). The van der Waals surface area contributed by atoms with Gasteiger partial charge in [0.2, 0.25) is 0 Å². The molecule has 0 aliphatic rings. The molecular formula is C15H16N4O. The smallest absolute Gasteiger partial charge is 0.254 e. The number of aromatic nitrogens is 2. The highest BCUT2D eigenvalue weighted by Gasteiger charge is 2.12. The van der Waals surface area contributed by atoms with Gasteiger partial charge in [0.25, 0.3) is 5.91 Å². The van der Waals surface area contributed by atoms with Crippen molar-refractivity contribution in [2.75, 3.05) is 13.6 Å². The van der Waals surface area contributed by atoms with Crippen molar-refractivity contribution in [1.82, 2.24) is 14.9 Å². The average Bonchev–Trinajstić information content (AvgIpc) is 2.97. The summed E-state index contributed by atoms with van der Waals surface area (Å²) >= 11 is 0. The summed E-state index contributed by atoms with van der Waals surface area (Å²) in [5, 5.41) is 0. The van der Waals surface area contributed by atoms with Crippen LogP contribution in [0.15, 0.2) is 36.7 Å². The average molecular weight is 268 g/mol. The number of carbonyl (C=O) groups excluding carboxylic acids is 1. The van der Waals surface area contributed by atoms with Crippen LogP contribution in [0.3, 0.4) is 0 Å². The molecule has 0 saturated carbocycles. The fourth-order valence-corrected chi connectivity index (χ4v) is 1.75. The Morgan fingerprint density at radius 1 is 1.40 bits per heavy atom. The third-order valence-electron chi connectivity index (χ3n) is 2.76. The van der Waals surface area contributed by atoms with Gasteiger partial charge in [-0.1, -0.05) is 11.8 Å². The third-order valence-corrected chi connectivity index (χ3v) is 2.76. The molecule has 0 radical (unpaired) electrons. The molecule has 0 aliphatic carbocycles. The fraction of sp³-hybridized carbons (Fsp3) is 0.200. The molecule has 102 valence electrons. The van der Waals surface area contributed by atoms with Crippen LogP contribution in [0.4, 0.5) is 0 Å². The maximum Gasteiger partial charge on any atom is 0.254 e. The van der Waals surface area contributed by atoms with Crippen molar-refractivity contribution < 1.29 is 4.79 Å². The number of hydrogen-bond acceptors (Lipinski definition) is 3. The largest absolute Gasteiger partial charge is 0.347 e. The Morgan fingerprint density at radius 3 is 2.75 bits per heavy atom. The Hall–Kier alpha value is -2.58. The van der Waals surface area contributed by atoms with Crippen LogP contribution < -0.4 is 5.73 Å². The van der Waals surface area contributed by atoms with Gasteiger partial charge >= 0.3 is 0 Å². The van der Waals surface area contributed by atoms with Crippen molar-refractivity contribution in [3.8, 4) is 11.8 Å². The molecule has 3 N–H and O–H groups in total. The molecule has 0 aliphatic heterocycles. The number of imidazole rings is 1. The molecule has 5 nitrogen and oxygen atoms in total. The van der Waals surface area contributed by atoms with Gasteiger partial charge < -0.3 is 15.6 Å². The summed E-state index contributed by atoms with van der Waals surface area (Å²) in [6, 6.07) is 7.16. The van der Waals surface area contributed by atoms with Gasteiger partial charge in [-0.25, -0.2) is 4.98 Å². The Labute approximate surface area is 117 Å². The van der Waals surface area contributed by atoms with E-state index in [1.165, 1.54) is 0 Å². The number of nitrogens with one attached hydrogen (secondary N) is 1. The first-order chi connectivity index (χ1) is 9.70. The molecule has 0 atom stereocenters. The maximum absolute atomic E-state index is 12.2. The molecule has 0 spiro atoms. The van der Waals surface area contributed by atoms with E-state index in [1.54, 1.807) is 36.5 Å². The number of hydrogen-bond donors (Lipinski definition) is 2. The number of benzene rings is 1. The summed E-state index contributed by atoms with van der Waals surface area (Å²) in [6.45, 7) is 0.771. The maximum atomic E-state index is 12.2. The highest BCUT2D eigenvalue weighted by molar-refractivity contribution is 5.94. The van der Waals surface area contributed by atoms with Crippen molar-refractivity contribution >= 4 is 5.91 Å². The van der Waals surface area contributed by atoms with Gasteiger partial charge in [0.05, 0.1) is 13.1 Å². The van der Waals surface area contributed by atoms with E-state index >= 15 is 0 Å². The Bertz CT molecular complexity index is 620. The molecule has 0 unspecified atom stereocenters. The zero-order valence-corrected chi connectivity index (χ0v) is 11.3. The predicted molar refractivity (Wildman–Crippen MR) is 76.8 cm³/mol.